The average molecular weight is 249 g/mol. The number of nitrogens with one attached hydrogen (secondary N) is 1. The Kier molecular flexibility index (Phi) is 3.02. The van der Waals surface area contributed by atoms with Gasteiger partial charge in [-0.3, -0.25) is 0 Å². The number of hydrogen-bond acceptors (Lipinski definition) is 2. The number of rotatable bonds is 6. The summed E-state index contributed by atoms with van der Waals surface area (Å²) in [5.41, 5.74) is 1.48. The zero-order valence-corrected chi connectivity index (χ0v) is 10.8. The topological polar surface area (TPSA) is 21.3 Å². The third-order valence-electron chi connectivity index (χ3n) is 4.10. The van der Waals surface area contributed by atoms with Crippen molar-refractivity contribution in [2.24, 2.45) is 5.41 Å². The van der Waals surface area contributed by atoms with Crippen molar-refractivity contribution >= 4 is 0 Å². The minimum Gasteiger partial charge on any atom is -0.494 e. The van der Waals surface area contributed by atoms with Crippen molar-refractivity contribution in [2.45, 2.75) is 38.1 Å². The second-order valence-corrected chi connectivity index (χ2v) is 5.80. The molecule has 1 aromatic carbocycles. The van der Waals surface area contributed by atoms with E-state index >= 15 is 0 Å². The Bertz CT molecular complexity index is 438. The van der Waals surface area contributed by atoms with Gasteiger partial charge in [-0.15, -0.1) is 0 Å². The minimum absolute atomic E-state index is 0.249. The Balaban J connectivity index is 1.62. The molecule has 0 amide bonds. The first kappa shape index (κ1) is 12.0. The van der Waals surface area contributed by atoms with Crippen LogP contribution in [0.5, 0.6) is 5.75 Å². The summed E-state index contributed by atoms with van der Waals surface area (Å²) in [5, 5.41) is 3.60. The molecule has 0 unspecified atom stereocenters. The number of halogens is 1. The molecule has 0 radical (unpaired) electrons. The standard InChI is InChI=1S/C15H20FNO/c1-18-14-5-2-11(8-13(14)16)9-15(6-7-15)10-17-12-3-4-12/h2,5,8,12,17H,3-4,6-7,9-10H2,1H3. The summed E-state index contributed by atoms with van der Waals surface area (Å²) >= 11 is 0. The molecule has 2 aliphatic rings. The van der Waals surface area contributed by atoms with E-state index in [9.17, 15) is 4.39 Å². The van der Waals surface area contributed by atoms with Crippen molar-refractivity contribution in [3.8, 4) is 5.75 Å². The predicted molar refractivity (Wildman–Crippen MR) is 69.3 cm³/mol. The van der Waals surface area contributed by atoms with Crippen molar-refractivity contribution in [1.82, 2.24) is 5.32 Å². The minimum atomic E-state index is -0.249. The van der Waals surface area contributed by atoms with Gasteiger partial charge in [0.1, 0.15) is 0 Å². The second kappa shape index (κ2) is 4.54. The summed E-state index contributed by atoms with van der Waals surface area (Å²) in [6.45, 7) is 1.09. The Morgan fingerprint density at radius 1 is 1.39 bits per heavy atom. The number of hydrogen-bond donors (Lipinski definition) is 1. The van der Waals surface area contributed by atoms with Crippen LogP contribution in [-0.4, -0.2) is 19.7 Å². The highest BCUT2D eigenvalue weighted by atomic mass is 19.1. The Morgan fingerprint density at radius 3 is 2.72 bits per heavy atom. The fraction of sp³-hybridized carbons (Fsp3) is 0.600. The van der Waals surface area contributed by atoms with Crippen LogP contribution in [0.4, 0.5) is 4.39 Å². The highest BCUT2D eigenvalue weighted by Gasteiger charge is 2.43. The van der Waals surface area contributed by atoms with Crippen molar-refractivity contribution < 1.29 is 9.13 Å². The van der Waals surface area contributed by atoms with E-state index in [4.69, 9.17) is 4.74 Å². The molecule has 0 spiro atoms. The van der Waals surface area contributed by atoms with Crippen LogP contribution in [-0.2, 0) is 6.42 Å². The Morgan fingerprint density at radius 2 is 2.17 bits per heavy atom. The largest absolute Gasteiger partial charge is 0.494 e. The van der Waals surface area contributed by atoms with E-state index in [1.165, 1.54) is 32.8 Å². The quantitative estimate of drug-likeness (QED) is 0.837. The fourth-order valence-electron chi connectivity index (χ4n) is 2.49. The molecule has 0 aromatic heterocycles. The average Bonchev–Trinajstić information content (AvgIpc) is 3.23. The molecular formula is C15H20FNO. The molecule has 1 aromatic rings. The van der Waals surface area contributed by atoms with Gasteiger partial charge in [-0.1, -0.05) is 6.07 Å². The Hall–Kier alpha value is -1.09. The second-order valence-electron chi connectivity index (χ2n) is 5.80. The predicted octanol–water partition coefficient (Wildman–Crippen LogP) is 2.91. The molecule has 0 aliphatic heterocycles. The lowest BCUT2D eigenvalue weighted by Crippen LogP contribution is -2.27. The van der Waals surface area contributed by atoms with Gasteiger partial charge in [-0.05, 0) is 55.2 Å². The van der Waals surface area contributed by atoms with Crippen LogP contribution in [0.15, 0.2) is 18.2 Å². The molecule has 0 heterocycles. The molecule has 3 heteroatoms. The highest BCUT2D eigenvalue weighted by Crippen LogP contribution is 2.48. The van der Waals surface area contributed by atoms with E-state index in [0.717, 1.165) is 24.6 Å². The molecule has 98 valence electrons. The summed E-state index contributed by atoms with van der Waals surface area (Å²) in [4.78, 5) is 0. The van der Waals surface area contributed by atoms with Crippen molar-refractivity contribution in [3.63, 3.8) is 0 Å². The van der Waals surface area contributed by atoms with Crippen LogP contribution in [0, 0.1) is 11.2 Å². The van der Waals surface area contributed by atoms with Crippen LogP contribution >= 0.6 is 0 Å². The summed E-state index contributed by atoms with van der Waals surface area (Å²) in [6.07, 6.45) is 6.16. The van der Waals surface area contributed by atoms with Gasteiger partial charge in [0.05, 0.1) is 7.11 Å². The summed E-state index contributed by atoms with van der Waals surface area (Å²) in [7, 11) is 1.50. The van der Waals surface area contributed by atoms with E-state index < -0.39 is 0 Å². The van der Waals surface area contributed by atoms with E-state index in [1.807, 2.05) is 6.07 Å². The molecule has 2 fully saturated rings. The van der Waals surface area contributed by atoms with Crippen LogP contribution in [0.3, 0.4) is 0 Å². The van der Waals surface area contributed by atoms with Gasteiger partial charge < -0.3 is 10.1 Å². The van der Waals surface area contributed by atoms with E-state index in [2.05, 4.69) is 5.32 Å². The van der Waals surface area contributed by atoms with Crippen LogP contribution in [0.2, 0.25) is 0 Å². The van der Waals surface area contributed by atoms with Gasteiger partial charge in [0.2, 0.25) is 0 Å². The normalized spacial score (nSPS) is 20.8. The maximum atomic E-state index is 13.6. The first-order valence-corrected chi connectivity index (χ1v) is 6.77. The molecule has 0 atom stereocenters. The SMILES string of the molecule is COc1ccc(CC2(CNC3CC3)CC2)cc1F. The molecule has 0 saturated heterocycles. The van der Waals surface area contributed by atoms with Gasteiger partial charge in [-0.25, -0.2) is 4.39 Å². The molecule has 18 heavy (non-hydrogen) atoms. The molecule has 2 saturated carbocycles. The van der Waals surface area contributed by atoms with Gasteiger partial charge >= 0.3 is 0 Å². The van der Waals surface area contributed by atoms with Crippen LogP contribution < -0.4 is 10.1 Å². The fourth-order valence-corrected chi connectivity index (χ4v) is 2.49. The number of ether oxygens (including phenoxy) is 1. The lowest BCUT2D eigenvalue weighted by molar-refractivity contribution is 0.385. The van der Waals surface area contributed by atoms with E-state index in [-0.39, 0.29) is 5.82 Å². The van der Waals surface area contributed by atoms with Gasteiger partial charge in [0.25, 0.3) is 0 Å². The number of methoxy groups -OCH3 is 1. The zero-order valence-electron chi connectivity index (χ0n) is 10.8. The van der Waals surface area contributed by atoms with Crippen molar-refractivity contribution in [3.05, 3.63) is 29.6 Å². The number of benzene rings is 1. The van der Waals surface area contributed by atoms with Crippen LogP contribution in [0.25, 0.3) is 0 Å². The first-order chi connectivity index (χ1) is 8.71. The summed E-state index contributed by atoms with van der Waals surface area (Å²) in [6, 6.07) is 6.10. The Labute approximate surface area is 108 Å². The first-order valence-electron chi connectivity index (χ1n) is 6.77. The van der Waals surface area contributed by atoms with Gasteiger partial charge in [0, 0.05) is 12.6 Å². The lowest BCUT2D eigenvalue weighted by Gasteiger charge is -2.16. The van der Waals surface area contributed by atoms with Crippen molar-refractivity contribution in [1.29, 1.82) is 0 Å². The van der Waals surface area contributed by atoms with Crippen LogP contribution in [0.1, 0.15) is 31.2 Å². The lowest BCUT2D eigenvalue weighted by atomic mass is 9.96. The summed E-state index contributed by atoms with van der Waals surface area (Å²) in [5.74, 6) is 0.0839. The zero-order chi connectivity index (χ0) is 12.6. The molecule has 3 rings (SSSR count). The molecule has 0 bridgehead atoms. The maximum absolute atomic E-state index is 13.6. The van der Waals surface area contributed by atoms with E-state index in [1.54, 1.807) is 12.1 Å². The smallest absolute Gasteiger partial charge is 0.165 e. The van der Waals surface area contributed by atoms with E-state index in [0.29, 0.717) is 11.2 Å². The maximum Gasteiger partial charge on any atom is 0.165 e. The third kappa shape index (κ3) is 2.66. The highest BCUT2D eigenvalue weighted by molar-refractivity contribution is 5.30. The molecule has 1 N–H and O–H groups in total. The molecule has 2 nitrogen and oxygen atoms in total. The van der Waals surface area contributed by atoms with Crippen molar-refractivity contribution in [2.75, 3.05) is 13.7 Å². The molecular weight excluding hydrogens is 229 g/mol. The summed E-state index contributed by atoms with van der Waals surface area (Å²) < 4.78 is 18.6. The third-order valence-corrected chi connectivity index (χ3v) is 4.10. The van der Waals surface area contributed by atoms with Gasteiger partial charge in [0.15, 0.2) is 11.6 Å². The monoisotopic (exact) mass is 249 g/mol. The van der Waals surface area contributed by atoms with Gasteiger partial charge in [-0.2, -0.15) is 0 Å². The molecule has 2 aliphatic carbocycles.